The van der Waals surface area contributed by atoms with E-state index in [1.54, 1.807) is 0 Å². The molecule has 0 aliphatic heterocycles. The largest absolute Gasteiger partial charge is 0.0149 e. The Morgan fingerprint density at radius 1 is 1.00 bits per heavy atom. The minimum absolute atomic E-state index is 0. The van der Waals surface area contributed by atoms with Gasteiger partial charge < -0.3 is 0 Å². The van der Waals surface area contributed by atoms with Crippen molar-refractivity contribution in [2.75, 3.05) is 0 Å². The fourth-order valence-electron chi connectivity index (χ4n) is 0. The molecule has 0 fully saturated rings. The summed E-state index contributed by atoms with van der Waals surface area (Å²) >= 11 is 0. The molecule has 0 spiro atoms. The van der Waals surface area contributed by atoms with Gasteiger partial charge in [-0.05, 0) is 11.0 Å². The van der Waals surface area contributed by atoms with Gasteiger partial charge in [0.2, 0.25) is 0 Å². The zero-order valence-electron chi connectivity index (χ0n) is 1.26. The maximum Gasteiger partial charge on any atom is 0 e. The van der Waals surface area contributed by atoms with Gasteiger partial charge in [-0.25, -0.2) is 0 Å². The average Bonchev–Trinajstić information content (AvgIpc) is 0. The first-order valence-corrected chi connectivity index (χ1v) is 0. The van der Waals surface area contributed by atoms with Gasteiger partial charge in [0.15, 0.2) is 0 Å². The molecule has 0 aromatic carbocycles. The Morgan fingerprint density at radius 2 is 1.00 bits per heavy atom. The van der Waals surface area contributed by atoms with Gasteiger partial charge in [-0.15, -0.1) is 0 Å². The molecule has 0 bridgehead atoms. The zero-order chi connectivity index (χ0) is 0. The first-order chi connectivity index (χ1) is 0. The topological polar surface area (TPSA) is 0 Å². The summed E-state index contributed by atoms with van der Waals surface area (Å²) in [4.78, 5) is 0. The summed E-state index contributed by atoms with van der Waals surface area (Å²) in [5, 5.41) is 0. The number of rotatable bonds is 0. The van der Waals surface area contributed by atoms with Crippen LogP contribution in [0.3, 0.4) is 0 Å². The van der Waals surface area contributed by atoms with Crippen LogP contribution in [-0.2, 0) is 33.8 Å². The van der Waals surface area contributed by atoms with Gasteiger partial charge in [0.1, 0.15) is 0 Å². The van der Waals surface area contributed by atoms with Crippen molar-refractivity contribution in [1.82, 2.24) is 0 Å². The van der Waals surface area contributed by atoms with Gasteiger partial charge in [-0.3, -0.25) is 0 Å². The third-order valence-corrected chi connectivity index (χ3v) is 0. The van der Waals surface area contributed by atoms with Crippen LogP contribution in [0.1, 0.15) is 0 Å². The smallest absolute Gasteiger partial charge is 0 e. The SMILES string of the molecule is [Co].[Fe].[La].[SiH4]. The predicted octanol–water partition coefficient (Wildman–Crippen LogP) is -1.46. The Morgan fingerprint density at radius 3 is 1.00 bits per heavy atom. The second-order valence-corrected chi connectivity index (χ2v) is 0. The molecule has 4 heavy (non-hydrogen) atoms. The Bertz CT molecular complexity index is 8.00. The van der Waals surface area contributed by atoms with Gasteiger partial charge in [-0.2, -0.15) is 0 Å². The first-order valence-electron chi connectivity index (χ1n) is 0. The molecular weight excluding hydrogens is 282 g/mol. The van der Waals surface area contributed by atoms with Crippen molar-refractivity contribution in [3.05, 3.63) is 0 Å². The van der Waals surface area contributed by atoms with Crippen LogP contribution in [-0.4, -0.2) is 11.0 Å². The van der Waals surface area contributed by atoms with Gasteiger partial charge in [0, 0.05) is 69.4 Å². The van der Waals surface area contributed by atoms with Gasteiger partial charge in [0.25, 0.3) is 0 Å². The molecule has 0 atom stereocenters. The molecule has 2 radical (unpaired) electrons. The van der Waals surface area contributed by atoms with E-state index in [1.165, 1.54) is 0 Å². The van der Waals surface area contributed by atoms with E-state index in [1.807, 2.05) is 0 Å². The van der Waals surface area contributed by atoms with E-state index in [-0.39, 0.29) is 80.4 Å². The minimum Gasteiger partial charge on any atom is -0.0149 e. The second kappa shape index (κ2) is 18.0. The summed E-state index contributed by atoms with van der Waals surface area (Å²) in [6.07, 6.45) is 0. The van der Waals surface area contributed by atoms with Crippen molar-refractivity contribution in [1.29, 1.82) is 0 Å². The van der Waals surface area contributed by atoms with E-state index in [4.69, 9.17) is 0 Å². The van der Waals surface area contributed by atoms with Crippen LogP contribution in [0.4, 0.5) is 0 Å². The molecule has 0 N–H and O–H groups in total. The Hall–Kier alpha value is 2.44. The molecule has 0 heterocycles. The van der Waals surface area contributed by atoms with Crippen molar-refractivity contribution in [2.24, 2.45) is 0 Å². The maximum absolute atomic E-state index is 0. The quantitative estimate of drug-likeness (QED) is 0.478. The molecule has 0 aromatic heterocycles. The van der Waals surface area contributed by atoms with E-state index >= 15 is 0 Å². The zero-order valence-corrected chi connectivity index (χ0v) is 7.04. The van der Waals surface area contributed by atoms with Gasteiger partial charge in [-0.1, -0.05) is 0 Å². The molecule has 0 nitrogen and oxygen atoms in total. The second-order valence-electron chi connectivity index (χ2n) is 0. The normalized spacial score (nSPS) is 0. The summed E-state index contributed by atoms with van der Waals surface area (Å²) in [6.45, 7) is 0. The van der Waals surface area contributed by atoms with E-state index < -0.39 is 0 Å². The van der Waals surface area contributed by atoms with Crippen LogP contribution in [0, 0.1) is 35.6 Å². The van der Waals surface area contributed by atoms with E-state index in [0.717, 1.165) is 0 Å². The first kappa shape index (κ1) is 32.0. The van der Waals surface area contributed by atoms with E-state index in [0.29, 0.717) is 0 Å². The molecule has 4 heteroatoms. The van der Waals surface area contributed by atoms with Crippen LogP contribution < -0.4 is 0 Å². The maximum atomic E-state index is 0. The molecule has 0 unspecified atom stereocenters. The van der Waals surface area contributed by atoms with Crippen molar-refractivity contribution in [2.45, 2.75) is 0 Å². The molecule has 0 aliphatic carbocycles. The third kappa shape index (κ3) is 8.83. The van der Waals surface area contributed by atoms with Crippen molar-refractivity contribution >= 4 is 11.0 Å². The molecule has 28 valence electrons. The molecule has 0 aromatic rings. The monoisotopic (exact) mass is 286 g/mol. The summed E-state index contributed by atoms with van der Waals surface area (Å²) in [7, 11) is 0. The van der Waals surface area contributed by atoms with E-state index in [9.17, 15) is 0 Å². The third-order valence-electron chi connectivity index (χ3n) is 0. The summed E-state index contributed by atoms with van der Waals surface area (Å²) in [6, 6.07) is 0. The molecular formula is H4CoFeLaSi. The van der Waals surface area contributed by atoms with Crippen LogP contribution in [0.25, 0.3) is 0 Å². The minimum atomic E-state index is 0. The van der Waals surface area contributed by atoms with Gasteiger partial charge in [0.05, 0.1) is 0 Å². The van der Waals surface area contributed by atoms with Crippen LogP contribution in [0.15, 0.2) is 0 Å². The summed E-state index contributed by atoms with van der Waals surface area (Å²) in [5.74, 6) is 0. The number of hydrogen-bond acceptors (Lipinski definition) is 0. The Kier molecular flexibility index (Phi) is 144. The van der Waals surface area contributed by atoms with Crippen molar-refractivity contribution in [3.8, 4) is 0 Å². The van der Waals surface area contributed by atoms with Crippen LogP contribution in [0.5, 0.6) is 0 Å². The standard InChI is InChI=1S/Co.Fe.La.H4Si/h;;;1H4. The summed E-state index contributed by atoms with van der Waals surface area (Å²) in [5.41, 5.74) is 0. The average molecular weight is 286 g/mol. The van der Waals surface area contributed by atoms with Gasteiger partial charge >= 0.3 is 0 Å². The fourth-order valence-corrected chi connectivity index (χ4v) is 0. The van der Waals surface area contributed by atoms with Crippen molar-refractivity contribution < 1.29 is 69.4 Å². The fraction of sp³-hybridized carbons (Fsp3) is 0. The molecule has 0 saturated carbocycles. The molecule has 0 amide bonds. The molecule has 0 rings (SSSR count). The number of hydrogen-bond donors (Lipinski definition) is 0. The Labute approximate surface area is 79.2 Å². The van der Waals surface area contributed by atoms with Crippen LogP contribution in [0.2, 0.25) is 0 Å². The van der Waals surface area contributed by atoms with Crippen molar-refractivity contribution in [3.63, 3.8) is 0 Å². The van der Waals surface area contributed by atoms with Crippen LogP contribution >= 0.6 is 0 Å². The predicted molar refractivity (Wildman–Crippen MR) is 11.3 cm³/mol. The van der Waals surface area contributed by atoms with E-state index in [2.05, 4.69) is 0 Å². The molecule has 0 aliphatic rings. The molecule has 0 saturated heterocycles. The Balaban J connectivity index is 0. The summed E-state index contributed by atoms with van der Waals surface area (Å²) < 4.78 is 0.